The minimum Gasteiger partial charge on any atom is -0.381 e. The van der Waals surface area contributed by atoms with Crippen LogP contribution in [0.4, 0.5) is 0 Å². The highest BCUT2D eigenvalue weighted by atomic mass is 16.5. The third kappa shape index (κ3) is 4.58. The van der Waals surface area contributed by atoms with Crippen LogP contribution in [0.1, 0.15) is 30.9 Å². The second-order valence-corrected chi connectivity index (χ2v) is 5.63. The van der Waals surface area contributed by atoms with E-state index in [1.165, 1.54) is 11.1 Å². The molecule has 0 atom stereocenters. The summed E-state index contributed by atoms with van der Waals surface area (Å²) in [5.41, 5.74) is 2.95. The zero-order valence-corrected chi connectivity index (χ0v) is 12.9. The lowest BCUT2D eigenvalue weighted by molar-refractivity contribution is 0.0406. The summed E-state index contributed by atoms with van der Waals surface area (Å²) in [7, 11) is 2.25. The van der Waals surface area contributed by atoms with Crippen molar-refractivity contribution in [3.05, 3.63) is 35.4 Å². The maximum Gasteiger partial charge on any atom is 0.0480 e. The number of benzene rings is 1. The largest absolute Gasteiger partial charge is 0.381 e. The summed E-state index contributed by atoms with van der Waals surface area (Å²) in [5.74, 6) is 0. The molecule has 1 heterocycles. The van der Waals surface area contributed by atoms with E-state index in [2.05, 4.69) is 48.5 Å². The molecule has 1 aliphatic rings. The van der Waals surface area contributed by atoms with Gasteiger partial charge in [0.25, 0.3) is 0 Å². The van der Waals surface area contributed by atoms with E-state index in [-0.39, 0.29) is 0 Å². The molecule has 0 amide bonds. The molecular formula is C17H28N2O. The molecule has 3 heteroatoms. The maximum atomic E-state index is 5.45. The van der Waals surface area contributed by atoms with Crippen molar-refractivity contribution in [2.45, 2.75) is 38.8 Å². The Morgan fingerprint density at radius 3 is 2.60 bits per heavy atom. The van der Waals surface area contributed by atoms with Gasteiger partial charge in [0, 0.05) is 25.8 Å². The molecule has 1 N–H and O–H groups in total. The lowest BCUT2D eigenvalue weighted by atomic mass is 10.0. The number of hydrogen-bond acceptors (Lipinski definition) is 3. The molecule has 1 aromatic carbocycles. The predicted molar refractivity (Wildman–Crippen MR) is 84.0 cm³/mol. The standard InChI is InChI=1S/C17H28N2O/c1-3-18-11-8-15-6-4-5-7-16(15)14-19(2)17-9-12-20-13-10-17/h4-7,17-18H,3,8-14H2,1-2H3. The second-order valence-electron chi connectivity index (χ2n) is 5.63. The molecule has 112 valence electrons. The molecule has 0 saturated carbocycles. The zero-order valence-electron chi connectivity index (χ0n) is 12.9. The third-order valence-corrected chi connectivity index (χ3v) is 4.17. The average Bonchev–Trinajstić information content (AvgIpc) is 2.50. The fraction of sp³-hybridized carbons (Fsp3) is 0.647. The maximum absolute atomic E-state index is 5.45. The van der Waals surface area contributed by atoms with Crippen LogP contribution in [0.3, 0.4) is 0 Å². The molecule has 3 nitrogen and oxygen atoms in total. The molecule has 1 aliphatic heterocycles. The highest BCUT2D eigenvalue weighted by Gasteiger charge is 2.18. The van der Waals surface area contributed by atoms with E-state index in [0.717, 1.165) is 52.1 Å². The Hall–Kier alpha value is -0.900. The lowest BCUT2D eigenvalue weighted by Crippen LogP contribution is -2.36. The van der Waals surface area contributed by atoms with Gasteiger partial charge in [-0.25, -0.2) is 0 Å². The van der Waals surface area contributed by atoms with Gasteiger partial charge in [0.15, 0.2) is 0 Å². The van der Waals surface area contributed by atoms with Crippen LogP contribution in [-0.4, -0.2) is 44.3 Å². The summed E-state index contributed by atoms with van der Waals surface area (Å²) in [6.07, 6.45) is 3.44. The fourth-order valence-electron chi connectivity index (χ4n) is 2.88. The average molecular weight is 276 g/mol. The van der Waals surface area contributed by atoms with Gasteiger partial charge in [0.1, 0.15) is 0 Å². The van der Waals surface area contributed by atoms with Gasteiger partial charge in [-0.05, 0) is 50.5 Å². The van der Waals surface area contributed by atoms with Gasteiger partial charge in [0.2, 0.25) is 0 Å². The number of nitrogens with zero attached hydrogens (tertiary/aromatic N) is 1. The van der Waals surface area contributed by atoms with Crippen molar-refractivity contribution >= 4 is 0 Å². The van der Waals surface area contributed by atoms with Crippen LogP contribution < -0.4 is 5.32 Å². The minimum atomic E-state index is 0.672. The Labute approximate surface area is 123 Å². The van der Waals surface area contributed by atoms with Gasteiger partial charge in [0.05, 0.1) is 0 Å². The van der Waals surface area contributed by atoms with Crippen LogP contribution in [-0.2, 0) is 17.7 Å². The highest BCUT2D eigenvalue weighted by Crippen LogP contribution is 2.18. The molecule has 1 fully saturated rings. The van der Waals surface area contributed by atoms with Crippen LogP contribution in [0.15, 0.2) is 24.3 Å². The van der Waals surface area contributed by atoms with Crippen LogP contribution in [0.25, 0.3) is 0 Å². The van der Waals surface area contributed by atoms with E-state index < -0.39 is 0 Å². The number of ether oxygens (including phenoxy) is 1. The Balaban J connectivity index is 1.93. The number of likely N-dealkylation sites (N-methyl/N-ethyl adjacent to an activating group) is 1. The van der Waals surface area contributed by atoms with Crippen molar-refractivity contribution in [2.75, 3.05) is 33.4 Å². The first-order valence-corrected chi connectivity index (χ1v) is 7.86. The van der Waals surface area contributed by atoms with Crippen molar-refractivity contribution in [1.29, 1.82) is 0 Å². The zero-order chi connectivity index (χ0) is 14.2. The van der Waals surface area contributed by atoms with Gasteiger partial charge in [-0.15, -0.1) is 0 Å². The van der Waals surface area contributed by atoms with Gasteiger partial charge >= 0.3 is 0 Å². The Kier molecular flexibility index (Phi) is 6.51. The molecule has 0 spiro atoms. The van der Waals surface area contributed by atoms with Crippen molar-refractivity contribution < 1.29 is 4.74 Å². The molecule has 0 bridgehead atoms. The first-order valence-electron chi connectivity index (χ1n) is 7.86. The third-order valence-electron chi connectivity index (χ3n) is 4.17. The first kappa shape index (κ1) is 15.5. The SMILES string of the molecule is CCNCCc1ccccc1CN(C)C1CCOCC1. The van der Waals surface area contributed by atoms with Crippen molar-refractivity contribution in [3.63, 3.8) is 0 Å². The molecule has 1 aromatic rings. The predicted octanol–water partition coefficient (Wildman–Crippen LogP) is 2.45. The van der Waals surface area contributed by atoms with Crippen LogP contribution >= 0.6 is 0 Å². The fourth-order valence-corrected chi connectivity index (χ4v) is 2.88. The quantitative estimate of drug-likeness (QED) is 0.774. The molecule has 1 saturated heterocycles. The van der Waals surface area contributed by atoms with E-state index in [1.807, 2.05) is 0 Å². The molecule has 20 heavy (non-hydrogen) atoms. The summed E-state index contributed by atoms with van der Waals surface area (Å²) < 4.78 is 5.45. The van der Waals surface area contributed by atoms with E-state index in [0.29, 0.717) is 6.04 Å². The van der Waals surface area contributed by atoms with E-state index in [1.54, 1.807) is 0 Å². The normalized spacial score (nSPS) is 16.8. The molecule has 0 unspecified atom stereocenters. The smallest absolute Gasteiger partial charge is 0.0480 e. The van der Waals surface area contributed by atoms with E-state index in [4.69, 9.17) is 4.74 Å². The lowest BCUT2D eigenvalue weighted by Gasteiger charge is -2.31. The number of rotatable bonds is 7. The molecule has 2 rings (SSSR count). The highest BCUT2D eigenvalue weighted by molar-refractivity contribution is 5.27. The number of hydrogen-bond donors (Lipinski definition) is 1. The van der Waals surface area contributed by atoms with Crippen LogP contribution in [0.5, 0.6) is 0 Å². The van der Waals surface area contributed by atoms with Crippen molar-refractivity contribution in [1.82, 2.24) is 10.2 Å². The molecule has 0 radical (unpaired) electrons. The Bertz CT molecular complexity index is 388. The Morgan fingerprint density at radius 2 is 1.90 bits per heavy atom. The van der Waals surface area contributed by atoms with Gasteiger partial charge in [-0.1, -0.05) is 31.2 Å². The van der Waals surface area contributed by atoms with Gasteiger partial charge in [-0.3, -0.25) is 4.90 Å². The van der Waals surface area contributed by atoms with Crippen LogP contribution in [0, 0.1) is 0 Å². The van der Waals surface area contributed by atoms with Gasteiger partial charge < -0.3 is 10.1 Å². The Morgan fingerprint density at radius 1 is 1.20 bits per heavy atom. The molecule has 0 aliphatic carbocycles. The van der Waals surface area contributed by atoms with Crippen molar-refractivity contribution in [2.24, 2.45) is 0 Å². The van der Waals surface area contributed by atoms with Gasteiger partial charge in [-0.2, -0.15) is 0 Å². The summed E-state index contributed by atoms with van der Waals surface area (Å²) in [6.45, 7) is 7.14. The topological polar surface area (TPSA) is 24.5 Å². The summed E-state index contributed by atoms with van der Waals surface area (Å²) >= 11 is 0. The summed E-state index contributed by atoms with van der Waals surface area (Å²) in [5, 5.41) is 3.41. The van der Waals surface area contributed by atoms with Crippen molar-refractivity contribution in [3.8, 4) is 0 Å². The summed E-state index contributed by atoms with van der Waals surface area (Å²) in [6, 6.07) is 9.52. The number of nitrogens with one attached hydrogen (secondary N) is 1. The van der Waals surface area contributed by atoms with E-state index >= 15 is 0 Å². The minimum absolute atomic E-state index is 0.672. The van der Waals surface area contributed by atoms with Crippen LogP contribution in [0.2, 0.25) is 0 Å². The van der Waals surface area contributed by atoms with E-state index in [9.17, 15) is 0 Å². The summed E-state index contributed by atoms with van der Waals surface area (Å²) in [4.78, 5) is 2.49. The molecular weight excluding hydrogens is 248 g/mol. The monoisotopic (exact) mass is 276 g/mol. The molecule has 0 aromatic heterocycles. The first-order chi connectivity index (χ1) is 9.81. The second kappa shape index (κ2) is 8.40.